The Kier molecular flexibility index (Phi) is 3.47. The van der Waals surface area contributed by atoms with Crippen LogP contribution < -0.4 is 0 Å². The number of furan rings is 1. The van der Waals surface area contributed by atoms with Crippen molar-refractivity contribution >= 4 is 5.78 Å². The van der Waals surface area contributed by atoms with Gasteiger partial charge in [-0.05, 0) is 31.2 Å². The lowest BCUT2D eigenvalue weighted by molar-refractivity contribution is -0.136. The van der Waals surface area contributed by atoms with Crippen molar-refractivity contribution in [3.8, 4) is 0 Å². The second-order valence-corrected chi connectivity index (χ2v) is 6.42. The Balaban J connectivity index is 2.15. The molecule has 0 bridgehead atoms. The normalized spacial score (nSPS) is 27.8. The molecular formula is C17H22N2O2. The molecule has 0 unspecified atom stereocenters. The fraction of sp³-hybridized carbons (Fsp3) is 0.529. The van der Waals surface area contributed by atoms with Crippen molar-refractivity contribution in [2.45, 2.75) is 46.1 Å². The van der Waals surface area contributed by atoms with Gasteiger partial charge in [0.25, 0.3) is 0 Å². The molecule has 4 nitrogen and oxygen atoms in total. The lowest BCUT2D eigenvalue weighted by atomic mass is 9.61. The number of rotatable bonds is 3. The van der Waals surface area contributed by atoms with Crippen molar-refractivity contribution in [1.29, 1.82) is 0 Å². The van der Waals surface area contributed by atoms with Gasteiger partial charge in [0.05, 0.1) is 30.3 Å². The molecule has 4 heteroatoms. The highest BCUT2D eigenvalue weighted by Gasteiger charge is 2.49. The van der Waals surface area contributed by atoms with Crippen molar-refractivity contribution in [1.82, 2.24) is 9.55 Å². The van der Waals surface area contributed by atoms with E-state index in [1.807, 2.05) is 13.1 Å². The van der Waals surface area contributed by atoms with Gasteiger partial charge < -0.3 is 8.98 Å². The first kappa shape index (κ1) is 14.1. The molecule has 1 fully saturated rings. The Bertz CT molecular complexity index is 629. The third-order valence-corrected chi connectivity index (χ3v) is 5.25. The fourth-order valence-electron chi connectivity index (χ4n) is 3.70. The van der Waals surface area contributed by atoms with E-state index in [0.29, 0.717) is 18.1 Å². The van der Waals surface area contributed by atoms with Crippen LogP contribution >= 0.6 is 0 Å². The molecule has 112 valence electrons. The van der Waals surface area contributed by atoms with Crippen LogP contribution in [0.2, 0.25) is 0 Å². The molecule has 0 aliphatic heterocycles. The zero-order chi connectivity index (χ0) is 15.0. The second kappa shape index (κ2) is 5.17. The predicted molar refractivity (Wildman–Crippen MR) is 79.9 cm³/mol. The summed E-state index contributed by atoms with van der Waals surface area (Å²) in [4.78, 5) is 17.0. The Morgan fingerprint density at radius 3 is 2.86 bits per heavy atom. The van der Waals surface area contributed by atoms with Gasteiger partial charge in [-0.3, -0.25) is 4.79 Å². The van der Waals surface area contributed by atoms with Gasteiger partial charge >= 0.3 is 0 Å². The van der Waals surface area contributed by atoms with E-state index in [0.717, 1.165) is 24.0 Å². The van der Waals surface area contributed by atoms with Gasteiger partial charge in [-0.25, -0.2) is 4.98 Å². The van der Waals surface area contributed by atoms with Crippen molar-refractivity contribution in [2.75, 3.05) is 0 Å². The summed E-state index contributed by atoms with van der Waals surface area (Å²) in [5.74, 6) is 0.681. The average molecular weight is 286 g/mol. The van der Waals surface area contributed by atoms with E-state index in [1.165, 1.54) is 0 Å². The van der Waals surface area contributed by atoms with E-state index < -0.39 is 5.41 Å². The molecular weight excluding hydrogens is 264 g/mol. The number of carbonyl (C=O) groups excluding carboxylic acids is 1. The van der Waals surface area contributed by atoms with Crippen molar-refractivity contribution in [3.05, 3.63) is 42.4 Å². The summed E-state index contributed by atoms with van der Waals surface area (Å²) < 4.78 is 7.44. The fourth-order valence-corrected chi connectivity index (χ4v) is 3.70. The van der Waals surface area contributed by atoms with E-state index in [-0.39, 0.29) is 6.04 Å². The number of nitrogens with zero attached hydrogens (tertiary/aromatic N) is 2. The maximum absolute atomic E-state index is 12.8. The van der Waals surface area contributed by atoms with Crippen molar-refractivity contribution in [2.24, 2.45) is 11.3 Å². The smallest absolute Gasteiger partial charge is 0.141 e. The van der Waals surface area contributed by atoms with Gasteiger partial charge in [-0.15, -0.1) is 0 Å². The summed E-state index contributed by atoms with van der Waals surface area (Å²) in [5, 5.41) is 0. The number of carbonyl (C=O) groups is 1. The summed E-state index contributed by atoms with van der Waals surface area (Å²) in [6.07, 6.45) is 11.8. The lowest BCUT2D eigenvalue weighted by Gasteiger charge is -2.44. The lowest BCUT2D eigenvalue weighted by Crippen LogP contribution is -2.45. The molecule has 3 rings (SSSR count). The topological polar surface area (TPSA) is 48.0 Å². The molecule has 0 radical (unpaired) electrons. The van der Waals surface area contributed by atoms with Crippen LogP contribution in [0.5, 0.6) is 0 Å². The van der Waals surface area contributed by atoms with Gasteiger partial charge in [-0.1, -0.05) is 13.8 Å². The highest BCUT2D eigenvalue weighted by atomic mass is 16.3. The van der Waals surface area contributed by atoms with Crippen LogP contribution in [0.15, 0.2) is 35.7 Å². The number of Topliss-reactive ketones (excluding diaryl/α,β-unsaturated/α-hetero) is 1. The molecule has 0 aromatic carbocycles. The number of hydrogen-bond acceptors (Lipinski definition) is 3. The molecule has 0 spiro atoms. The molecule has 1 saturated carbocycles. The first-order chi connectivity index (χ1) is 10.0. The average Bonchev–Trinajstić information content (AvgIpc) is 3.10. The minimum Gasteiger partial charge on any atom is -0.472 e. The van der Waals surface area contributed by atoms with Gasteiger partial charge in [0.1, 0.15) is 5.78 Å². The standard InChI is InChI=1S/C17H22N2O2/c1-12-9-21-10-14(12)16(19-8-7-18-11-19)17(3)13(2)5-4-6-15(17)20/h7-11,13,16H,4-6H2,1-3H3/t13-,16-,17+/m0/s1. The van der Waals surface area contributed by atoms with E-state index in [1.54, 1.807) is 25.1 Å². The molecule has 1 aliphatic carbocycles. The zero-order valence-electron chi connectivity index (χ0n) is 12.9. The molecule has 21 heavy (non-hydrogen) atoms. The molecule has 0 amide bonds. The van der Waals surface area contributed by atoms with Crippen LogP contribution in [0.25, 0.3) is 0 Å². The summed E-state index contributed by atoms with van der Waals surface area (Å²) in [6.45, 7) is 6.33. The molecule has 2 aromatic heterocycles. The minimum atomic E-state index is -0.423. The summed E-state index contributed by atoms with van der Waals surface area (Å²) in [7, 11) is 0. The second-order valence-electron chi connectivity index (χ2n) is 6.42. The Morgan fingerprint density at radius 2 is 2.29 bits per heavy atom. The van der Waals surface area contributed by atoms with Gasteiger partial charge in [0.15, 0.2) is 0 Å². The van der Waals surface area contributed by atoms with Gasteiger partial charge in [-0.2, -0.15) is 0 Å². The first-order valence-electron chi connectivity index (χ1n) is 7.58. The number of imidazole rings is 1. The predicted octanol–water partition coefficient (Wildman–Crippen LogP) is 3.77. The van der Waals surface area contributed by atoms with Gasteiger partial charge in [0.2, 0.25) is 0 Å². The maximum atomic E-state index is 12.8. The third-order valence-electron chi connectivity index (χ3n) is 5.25. The van der Waals surface area contributed by atoms with Gasteiger partial charge in [0, 0.05) is 24.4 Å². The molecule has 1 aliphatic rings. The van der Waals surface area contributed by atoms with Crippen molar-refractivity contribution in [3.63, 3.8) is 0 Å². The maximum Gasteiger partial charge on any atom is 0.141 e. The zero-order valence-corrected chi connectivity index (χ0v) is 12.9. The van der Waals surface area contributed by atoms with E-state index in [2.05, 4.69) is 23.4 Å². The summed E-state index contributed by atoms with van der Waals surface area (Å²) in [5.41, 5.74) is 1.74. The monoisotopic (exact) mass is 286 g/mol. The summed E-state index contributed by atoms with van der Waals surface area (Å²) >= 11 is 0. The van der Waals surface area contributed by atoms with Crippen LogP contribution in [0.1, 0.15) is 50.3 Å². The number of aryl methyl sites for hydroxylation is 1. The minimum absolute atomic E-state index is 0.0541. The van der Waals surface area contributed by atoms with Crippen LogP contribution in [0, 0.1) is 18.3 Å². The molecule has 2 aromatic rings. The third kappa shape index (κ3) is 2.13. The number of hydrogen-bond donors (Lipinski definition) is 0. The SMILES string of the molecule is Cc1cocc1[C@H](n1ccnc1)[C@@]1(C)C(=O)CCC[C@@H]1C. The van der Waals surface area contributed by atoms with Crippen LogP contribution in [0.4, 0.5) is 0 Å². The largest absolute Gasteiger partial charge is 0.472 e. The first-order valence-corrected chi connectivity index (χ1v) is 7.58. The molecule has 0 saturated heterocycles. The Morgan fingerprint density at radius 1 is 1.48 bits per heavy atom. The van der Waals surface area contributed by atoms with E-state index >= 15 is 0 Å². The molecule has 3 atom stereocenters. The quantitative estimate of drug-likeness (QED) is 0.863. The Labute approximate surface area is 125 Å². The van der Waals surface area contributed by atoms with Crippen LogP contribution in [-0.2, 0) is 4.79 Å². The van der Waals surface area contributed by atoms with E-state index in [4.69, 9.17) is 4.42 Å². The molecule has 0 N–H and O–H groups in total. The van der Waals surface area contributed by atoms with E-state index in [9.17, 15) is 4.79 Å². The number of aromatic nitrogens is 2. The summed E-state index contributed by atoms with van der Waals surface area (Å²) in [6, 6.07) is -0.0541. The molecule has 2 heterocycles. The van der Waals surface area contributed by atoms with Crippen LogP contribution in [0.3, 0.4) is 0 Å². The number of ketones is 1. The Hall–Kier alpha value is -1.84. The van der Waals surface area contributed by atoms with Crippen LogP contribution in [-0.4, -0.2) is 15.3 Å². The highest BCUT2D eigenvalue weighted by molar-refractivity contribution is 5.86. The van der Waals surface area contributed by atoms with Crippen molar-refractivity contribution < 1.29 is 9.21 Å². The highest BCUT2D eigenvalue weighted by Crippen LogP contribution is 2.49.